The molecule has 0 spiro atoms. The maximum Gasteiger partial charge on any atom is 0.123 e. The Hall–Kier alpha value is -2.68. The Labute approximate surface area is 177 Å². The van der Waals surface area contributed by atoms with E-state index in [2.05, 4.69) is 13.0 Å². The molecule has 2 nitrogen and oxygen atoms in total. The number of pyridine rings is 1. The van der Waals surface area contributed by atoms with Crippen LogP contribution in [0.25, 0.3) is 11.3 Å². The third kappa shape index (κ3) is 3.62. The van der Waals surface area contributed by atoms with Crippen molar-refractivity contribution >= 4 is 0 Å². The van der Waals surface area contributed by atoms with Crippen molar-refractivity contribution in [2.45, 2.75) is 58.3 Å². The third-order valence-corrected chi connectivity index (χ3v) is 6.80. The van der Waals surface area contributed by atoms with Crippen LogP contribution in [0.3, 0.4) is 0 Å². The van der Waals surface area contributed by atoms with Crippen LogP contribution in [0.1, 0.15) is 65.6 Å². The van der Waals surface area contributed by atoms with Crippen LogP contribution in [0.5, 0.6) is 5.75 Å². The number of aromatic nitrogens is 1. The molecule has 1 fully saturated rings. The molecule has 0 bridgehead atoms. The fraction of sp³-hybridized carbons (Fsp3) is 0.370. The molecule has 30 heavy (non-hydrogen) atoms. The van der Waals surface area contributed by atoms with Gasteiger partial charge in [0.1, 0.15) is 11.6 Å². The van der Waals surface area contributed by atoms with E-state index in [0.29, 0.717) is 11.7 Å². The average molecular weight is 402 g/mol. The summed E-state index contributed by atoms with van der Waals surface area (Å²) in [6, 6.07) is 12.7. The van der Waals surface area contributed by atoms with Crippen molar-refractivity contribution in [3.05, 3.63) is 81.8 Å². The zero-order chi connectivity index (χ0) is 20.8. The summed E-state index contributed by atoms with van der Waals surface area (Å²) < 4.78 is 13.4. The molecule has 0 aliphatic heterocycles. The summed E-state index contributed by atoms with van der Waals surface area (Å²) in [6.45, 7) is 4.22. The first-order chi connectivity index (χ1) is 14.5. The second kappa shape index (κ2) is 7.54. The Bertz CT molecular complexity index is 1100. The minimum absolute atomic E-state index is 0.212. The molecule has 1 atom stereocenters. The highest BCUT2D eigenvalue weighted by atomic mass is 19.1. The molecular formula is C27H28FNO. The third-order valence-electron chi connectivity index (χ3n) is 6.80. The number of phenolic OH excluding ortho intramolecular Hbond substituents is 1. The summed E-state index contributed by atoms with van der Waals surface area (Å²) >= 11 is 0. The summed E-state index contributed by atoms with van der Waals surface area (Å²) in [5.41, 5.74) is 9.62. The molecule has 1 aromatic heterocycles. The first kappa shape index (κ1) is 19.3. The molecule has 0 unspecified atom stereocenters. The van der Waals surface area contributed by atoms with E-state index < -0.39 is 0 Å². The van der Waals surface area contributed by atoms with Gasteiger partial charge in [-0.2, -0.15) is 0 Å². The molecule has 2 aliphatic rings. The average Bonchev–Trinajstić information content (AvgIpc) is 3.65. The van der Waals surface area contributed by atoms with Gasteiger partial charge in [0.2, 0.25) is 0 Å². The minimum atomic E-state index is -0.212. The maximum atomic E-state index is 13.4. The normalized spacial score (nSPS) is 15.7. The van der Waals surface area contributed by atoms with Gasteiger partial charge in [-0.15, -0.1) is 0 Å². The zero-order valence-electron chi connectivity index (χ0n) is 17.7. The standard InChI is InChI=1S/C27H28FNO/c1-3-21(18-7-8-18)26-22-15-23(22)27(19-9-11-20(28)12-10-19)29-24(26)13-6-17-5-4-16(2)25(30)14-17/h4-5,9-12,14,18,21,30H,3,6-8,13,15H2,1-2H3/t21-/m1/s1. The number of halogens is 1. The van der Waals surface area contributed by atoms with E-state index in [9.17, 15) is 9.50 Å². The lowest BCUT2D eigenvalue weighted by Gasteiger charge is -2.19. The second-order valence-electron chi connectivity index (χ2n) is 8.93. The molecule has 1 heterocycles. The molecule has 0 radical (unpaired) electrons. The van der Waals surface area contributed by atoms with Gasteiger partial charge in [-0.1, -0.05) is 19.1 Å². The first-order valence-electron chi connectivity index (χ1n) is 11.1. The van der Waals surface area contributed by atoms with Crippen molar-refractivity contribution in [1.29, 1.82) is 0 Å². The van der Waals surface area contributed by atoms with Gasteiger partial charge in [-0.05, 0) is 109 Å². The van der Waals surface area contributed by atoms with Crippen LogP contribution in [-0.4, -0.2) is 10.1 Å². The lowest BCUT2D eigenvalue weighted by atomic mass is 9.87. The summed E-state index contributed by atoms with van der Waals surface area (Å²) in [7, 11) is 0. The molecule has 0 amide bonds. The van der Waals surface area contributed by atoms with Crippen molar-refractivity contribution in [3.63, 3.8) is 0 Å². The number of fused-ring (bicyclic) bond motifs is 1. The number of phenols is 1. The molecule has 5 rings (SSSR count). The van der Waals surface area contributed by atoms with Gasteiger partial charge in [-0.25, -0.2) is 4.39 Å². The van der Waals surface area contributed by atoms with Crippen molar-refractivity contribution in [3.8, 4) is 17.0 Å². The molecule has 3 heteroatoms. The van der Waals surface area contributed by atoms with Crippen LogP contribution in [0.4, 0.5) is 4.39 Å². The summed E-state index contributed by atoms with van der Waals surface area (Å²) in [6.07, 6.45) is 6.56. The summed E-state index contributed by atoms with van der Waals surface area (Å²) in [5, 5.41) is 10.1. The molecule has 154 valence electrons. The minimum Gasteiger partial charge on any atom is -0.508 e. The largest absolute Gasteiger partial charge is 0.508 e. The number of hydrogen-bond donors (Lipinski definition) is 1. The Morgan fingerprint density at radius 3 is 2.50 bits per heavy atom. The van der Waals surface area contributed by atoms with E-state index in [0.717, 1.165) is 54.0 Å². The van der Waals surface area contributed by atoms with Crippen LogP contribution in [0.2, 0.25) is 0 Å². The Kier molecular flexibility index (Phi) is 4.85. The van der Waals surface area contributed by atoms with Crippen molar-refractivity contribution in [1.82, 2.24) is 4.98 Å². The Balaban J connectivity index is 1.52. The molecule has 2 aromatic carbocycles. The lowest BCUT2D eigenvalue weighted by Crippen LogP contribution is -2.08. The van der Waals surface area contributed by atoms with Crippen LogP contribution < -0.4 is 0 Å². The highest BCUT2D eigenvalue weighted by Gasteiger charge is 2.38. The Morgan fingerprint density at radius 2 is 1.83 bits per heavy atom. The quantitative estimate of drug-likeness (QED) is 0.384. The van der Waals surface area contributed by atoms with E-state index in [1.165, 1.54) is 47.4 Å². The molecule has 1 N–H and O–H groups in total. The van der Waals surface area contributed by atoms with Crippen LogP contribution >= 0.6 is 0 Å². The van der Waals surface area contributed by atoms with Gasteiger partial charge < -0.3 is 5.11 Å². The molecule has 0 saturated heterocycles. The van der Waals surface area contributed by atoms with Gasteiger partial charge in [0.05, 0.1) is 5.69 Å². The second-order valence-corrected chi connectivity index (χ2v) is 8.93. The topological polar surface area (TPSA) is 33.1 Å². The number of hydrogen-bond acceptors (Lipinski definition) is 2. The van der Waals surface area contributed by atoms with Crippen molar-refractivity contribution in [2.24, 2.45) is 5.92 Å². The van der Waals surface area contributed by atoms with Crippen LogP contribution in [0.15, 0.2) is 42.5 Å². The van der Waals surface area contributed by atoms with Crippen molar-refractivity contribution < 1.29 is 9.50 Å². The van der Waals surface area contributed by atoms with E-state index in [4.69, 9.17) is 4.98 Å². The lowest BCUT2D eigenvalue weighted by molar-refractivity contribution is 0.470. The maximum absolute atomic E-state index is 13.4. The van der Waals surface area contributed by atoms with Crippen LogP contribution in [0, 0.1) is 18.7 Å². The number of aromatic hydroxyl groups is 1. The predicted molar refractivity (Wildman–Crippen MR) is 118 cm³/mol. The zero-order valence-corrected chi connectivity index (χ0v) is 17.7. The molecular weight excluding hydrogens is 373 g/mol. The van der Waals surface area contributed by atoms with Gasteiger partial charge >= 0.3 is 0 Å². The fourth-order valence-corrected chi connectivity index (χ4v) is 4.87. The van der Waals surface area contributed by atoms with E-state index >= 15 is 0 Å². The van der Waals surface area contributed by atoms with Gasteiger partial charge in [0, 0.05) is 17.7 Å². The first-order valence-corrected chi connectivity index (χ1v) is 11.1. The van der Waals surface area contributed by atoms with E-state index in [1.54, 1.807) is 0 Å². The molecule has 2 aliphatic carbocycles. The van der Waals surface area contributed by atoms with E-state index in [-0.39, 0.29) is 5.82 Å². The van der Waals surface area contributed by atoms with Gasteiger partial charge in [0.15, 0.2) is 0 Å². The van der Waals surface area contributed by atoms with Crippen molar-refractivity contribution in [2.75, 3.05) is 0 Å². The van der Waals surface area contributed by atoms with Crippen LogP contribution in [-0.2, 0) is 19.3 Å². The molecule has 3 aromatic rings. The van der Waals surface area contributed by atoms with E-state index in [1.807, 2.05) is 31.2 Å². The number of nitrogens with zero attached hydrogens (tertiary/aromatic N) is 1. The summed E-state index contributed by atoms with van der Waals surface area (Å²) in [5.74, 6) is 1.56. The number of benzene rings is 2. The predicted octanol–water partition coefficient (Wildman–Crippen LogP) is 6.49. The number of aryl methyl sites for hydroxylation is 3. The SMILES string of the molecule is CC[C@@H](c1c(CCc2ccc(C)c(O)c2)nc(-c2ccc(F)cc2)c2c1C2)C1CC1. The highest BCUT2D eigenvalue weighted by Crippen LogP contribution is 2.51. The molecule has 1 saturated carbocycles. The van der Waals surface area contributed by atoms with Gasteiger partial charge in [0.25, 0.3) is 0 Å². The highest BCUT2D eigenvalue weighted by molar-refractivity contribution is 5.73. The smallest absolute Gasteiger partial charge is 0.123 e. The number of rotatable bonds is 7. The Morgan fingerprint density at radius 1 is 1.07 bits per heavy atom. The van der Waals surface area contributed by atoms with Gasteiger partial charge in [-0.3, -0.25) is 4.98 Å². The summed E-state index contributed by atoms with van der Waals surface area (Å²) in [4.78, 5) is 5.17. The fourth-order valence-electron chi connectivity index (χ4n) is 4.87. The monoisotopic (exact) mass is 401 g/mol.